The van der Waals surface area contributed by atoms with Crippen molar-refractivity contribution in [3.05, 3.63) is 66.6 Å². The van der Waals surface area contributed by atoms with E-state index in [1.165, 1.54) is 33.2 Å². The van der Waals surface area contributed by atoms with E-state index in [2.05, 4.69) is 120 Å². The topological polar surface area (TPSA) is 63.9 Å². The van der Waals surface area contributed by atoms with Crippen LogP contribution in [0.15, 0.2) is 70.9 Å². The average molecular weight is 731 g/mol. The Hall–Kier alpha value is -0.865. The van der Waals surface area contributed by atoms with Crippen LogP contribution in [0.2, 0.25) is 0 Å². The van der Waals surface area contributed by atoms with Gasteiger partial charge in [0, 0.05) is 29.8 Å². The summed E-state index contributed by atoms with van der Waals surface area (Å²) in [6, 6.07) is 16.5. The number of thiol groups is 1. The monoisotopic (exact) mass is 728 g/mol. The van der Waals surface area contributed by atoms with Crippen LogP contribution in [0.4, 0.5) is 0 Å². The van der Waals surface area contributed by atoms with E-state index in [0.717, 1.165) is 45.9 Å². The van der Waals surface area contributed by atoms with E-state index in [9.17, 15) is 0 Å². The van der Waals surface area contributed by atoms with Gasteiger partial charge in [-0.3, -0.25) is 0 Å². The van der Waals surface area contributed by atoms with Crippen LogP contribution >= 0.6 is 107 Å². The van der Waals surface area contributed by atoms with Gasteiger partial charge in [0.25, 0.3) is 0 Å². The number of nitrogens with zero attached hydrogens (tertiary/aromatic N) is 5. The van der Waals surface area contributed by atoms with Crippen molar-refractivity contribution in [1.29, 1.82) is 0 Å². The van der Waals surface area contributed by atoms with E-state index in [1.807, 2.05) is 24.3 Å². The summed E-state index contributed by atoms with van der Waals surface area (Å²) in [5.74, 6) is 0. The van der Waals surface area contributed by atoms with Gasteiger partial charge < -0.3 is 0 Å². The Labute approximate surface area is 243 Å². The summed E-state index contributed by atoms with van der Waals surface area (Å²) in [5, 5.41) is 2.07. The molecule has 0 saturated heterocycles. The Morgan fingerprint density at radius 1 is 0.706 bits per heavy atom. The first-order valence-electron chi connectivity index (χ1n) is 9.19. The molecular weight excluding hydrogens is 721 g/mol. The van der Waals surface area contributed by atoms with Crippen LogP contribution in [-0.2, 0) is 0 Å². The van der Waals surface area contributed by atoms with Gasteiger partial charge in [0.1, 0.15) is 22.1 Å². The summed E-state index contributed by atoms with van der Waals surface area (Å²) in [5.41, 5.74) is 6.14. The van der Waals surface area contributed by atoms with Crippen LogP contribution in [0.3, 0.4) is 0 Å². The van der Waals surface area contributed by atoms with Gasteiger partial charge in [-0.05, 0) is 83.5 Å². The predicted octanol–water partition coefficient (Wildman–Crippen LogP) is 9.31. The molecule has 0 aliphatic carbocycles. The Balaban J connectivity index is 0.000000145. The Bertz CT molecular complexity index is 1550. The number of fused-ring (bicyclic) bond motifs is 2. The zero-order chi connectivity index (χ0) is 24.1. The van der Waals surface area contributed by atoms with Gasteiger partial charge in [0.15, 0.2) is 0 Å². The first-order chi connectivity index (χ1) is 16.5. The van der Waals surface area contributed by atoms with E-state index in [1.54, 1.807) is 22.7 Å². The van der Waals surface area contributed by atoms with Gasteiger partial charge >= 0.3 is 24.8 Å². The zero-order valence-electron chi connectivity index (χ0n) is 16.7. The molecule has 0 spiro atoms. The van der Waals surface area contributed by atoms with Crippen molar-refractivity contribution < 1.29 is 0 Å². The average Bonchev–Trinajstić information content (AvgIpc) is 3.62. The maximum atomic E-state index is 4.36. The number of thiophene rings is 2. The van der Waals surface area contributed by atoms with Crippen molar-refractivity contribution >= 4 is 136 Å². The summed E-state index contributed by atoms with van der Waals surface area (Å²) in [6.07, 6.45) is 0. The fourth-order valence-corrected chi connectivity index (χ4v) is 7.33. The van der Waals surface area contributed by atoms with Gasteiger partial charge in [-0.15, -0.1) is 22.7 Å². The third-order valence-corrected chi connectivity index (χ3v) is 9.25. The Morgan fingerprint density at radius 3 is 1.71 bits per heavy atom. The molecule has 0 fully saturated rings. The van der Waals surface area contributed by atoms with Crippen LogP contribution in [0, 0.1) is 0 Å². The molecule has 5 nitrogen and oxygen atoms in total. The quantitative estimate of drug-likeness (QED) is 0.143. The molecular formula is C20H10BBr3N5S5. The minimum absolute atomic E-state index is 0.937. The van der Waals surface area contributed by atoms with Gasteiger partial charge in [0.2, 0.25) is 0 Å². The molecule has 6 rings (SSSR count). The van der Waals surface area contributed by atoms with Crippen molar-refractivity contribution in [2.24, 2.45) is 4.30 Å². The molecule has 6 aromatic rings. The molecule has 34 heavy (non-hydrogen) atoms. The second-order valence-electron chi connectivity index (χ2n) is 6.31. The normalized spacial score (nSPS) is 10.4. The van der Waals surface area contributed by atoms with Crippen LogP contribution in [0.25, 0.3) is 42.9 Å². The summed E-state index contributed by atoms with van der Waals surface area (Å²) >= 11 is 19.6. The number of benzene rings is 2. The molecule has 0 saturated carbocycles. The second-order valence-corrected chi connectivity index (χ2v) is 12.7. The molecule has 4 heterocycles. The van der Waals surface area contributed by atoms with Crippen molar-refractivity contribution in [3.63, 3.8) is 0 Å². The van der Waals surface area contributed by atoms with E-state index < -0.39 is 0 Å². The molecule has 0 aliphatic rings. The summed E-state index contributed by atoms with van der Waals surface area (Å²) in [7, 11) is 4.34. The molecule has 0 unspecified atom stereocenters. The van der Waals surface area contributed by atoms with Gasteiger partial charge in [-0.1, -0.05) is 18.2 Å². The number of hydrogen-bond donors (Lipinski definition) is 1. The van der Waals surface area contributed by atoms with E-state index in [-0.39, 0.29) is 0 Å². The van der Waals surface area contributed by atoms with Crippen molar-refractivity contribution in [3.8, 4) is 20.9 Å². The molecule has 0 aliphatic heterocycles. The third kappa shape index (κ3) is 5.92. The van der Waals surface area contributed by atoms with Crippen molar-refractivity contribution in [2.45, 2.75) is 0 Å². The molecule has 169 valence electrons. The van der Waals surface area contributed by atoms with E-state index >= 15 is 0 Å². The van der Waals surface area contributed by atoms with Gasteiger partial charge in [-0.25, -0.2) is 0 Å². The Morgan fingerprint density at radius 2 is 1.24 bits per heavy atom. The molecule has 0 atom stereocenters. The molecule has 0 amide bonds. The summed E-state index contributed by atoms with van der Waals surface area (Å²) in [4.78, 5) is 2.44. The first-order valence-corrected chi connectivity index (χ1v) is 15.1. The van der Waals surface area contributed by atoms with Gasteiger partial charge in [-0.2, -0.15) is 17.5 Å². The SMILES string of the molecule is Brc1ccc(-c2ccc(Br)c3nsnc23)s1.Brc1ccc(-c2cccs2)c2nsnc12.[B]=NS. The van der Waals surface area contributed by atoms with Crippen molar-refractivity contribution in [1.82, 2.24) is 17.5 Å². The maximum absolute atomic E-state index is 4.36. The first kappa shape index (κ1) is 26.2. The van der Waals surface area contributed by atoms with E-state index in [4.69, 9.17) is 0 Å². The van der Waals surface area contributed by atoms with Crippen LogP contribution in [-0.4, -0.2) is 25.1 Å². The number of aromatic nitrogens is 4. The van der Waals surface area contributed by atoms with E-state index in [0.29, 0.717) is 0 Å². The van der Waals surface area contributed by atoms with Crippen molar-refractivity contribution in [2.75, 3.05) is 0 Å². The third-order valence-electron chi connectivity index (χ3n) is 4.36. The molecule has 14 heteroatoms. The molecule has 2 aromatic carbocycles. The predicted molar refractivity (Wildman–Crippen MR) is 162 cm³/mol. The summed E-state index contributed by atoms with van der Waals surface area (Å²) in [6.45, 7) is 0. The summed E-state index contributed by atoms with van der Waals surface area (Å²) < 4.78 is 23.1. The fourth-order valence-electron chi connectivity index (χ4n) is 2.96. The van der Waals surface area contributed by atoms with Gasteiger partial charge in [0.05, 0.1) is 27.2 Å². The molecule has 1 radical (unpaired) electrons. The standard InChI is InChI=1S/C10H4Br2N2S2.C10H5BrN2S2.BHNS/c11-6-2-1-5(7-3-4-8(12)15-7)9-10(6)14-16-13-9;11-7-4-3-6(8-2-1-5-14-8)9-10(7)13-15-12-9;1-2-3/h1-4H;1-5H;3H. The zero-order valence-corrected chi connectivity index (χ0v) is 25.6. The number of halogens is 3. The minimum atomic E-state index is 0.937. The molecule has 0 N–H and O–H groups in total. The fraction of sp³-hybridized carbons (Fsp3) is 0. The Kier molecular flexibility index (Phi) is 9.55. The molecule has 4 aromatic heterocycles. The van der Waals surface area contributed by atoms with Crippen LogP contribution in [0.1, 0.15) is 0 Å². The number of hydrogen-bond acceptors (Lipinski definition) is 10. The van der Waals surface area contributed by atoms with Crippen LogP contribution in [0.5, 0.6) is 0 Å². The second kappa shape index (κ2) is 12.4. The number of rotatable bonds is 2. The molecule has 0 bridgehead atoms. The van der Waals surface area contributed by atoms with Crippen LogP contribution < -0.4 is 0 Å².